The van der Waals surface area contributed by atoms with Crippen molar-refractivity contribution in [3.8, 4) is 22.6 Å². The lowest BCUT2D eigenvalue weighted by Gasteiger charge is -2.45. The van der Waals surface area contributed by atoms with Crippen molar-refractivity contribution in [3.05, 3.63) is 46.5 Å². The summed E-state index contributed by atoms with van der Waals surface area (Å²) in [5.74, 6) is -1.65. The number of hydrogen-bond acceptors (Lipinski definition) is 7. The SMILES string of the molecule is O=C1c2c(O)ccc3c2[C@H]([C@@H]2O[C@H]12)[C@]1(O)c2c-3ccc(O)c2C(=O)[C@@H]2O[C@@H]21. The molecule has 7 heteroatoms. The van der Waals surface area contributed by atoms with Crippen molar-refractivity contribution in [2.75, 3.05) is 0 Å². The lowest BCUT2D eigenvalue weighted by molar-refractivity contribution is -0.0304. The Bertz CT molecular complexity index is 1150. The highest BCUT2D eigenvalue weighted by atomic mass is 16.6. The Labute approximate surface area is 151 Å². The number of Topliss-reactive ketones (excluding diaryl/α,β-unsaturated/α-hetero) is 2. The molecular formula is C20H12O7. The summed E-state index contributed by atoms with van der Waals surface area (Å²) in [7, 11) is 0. The average molecular weight is 364 g/mol. The fourth-order valence-corrected chi connectivity index (χ4v) is 5.54. The molecule has 2 saturated heterocycles. The fourth-order valence-electron chi connectivity index (χ4n) is 5.54. The van der Waals surface area contributed by atoms with Gasteiger partial charge in [-0.15, -0.1) is 0 Å². The van der Waals surface area contributed by atoms with Crippen LogP contribution in [-0.2, 0) is 15.1 Å². The zero-order chi connectivity index (χ0) is 18.4. The lowest BCUT2D eigenvalue weighted by Crippen LogP contribution is -2.51. The number of carbonyl (C=O) groups excluding carboxylic acids is 2. The first-order valence-electron chi connectivity index (χ1n) is 8.79. The van der Waals surface area contributed by atoms with Gasteiger partial charge in [0.2, 0.25) is 0 Å². The van der Waals surface area contributed by atoms with E-state index in [9.17, 15) is 24.9 Å². The number of carbonyl (C=O) groups is 2. The van der Waals surface area contributed by atoms with E-state index in [1.165, 1.54) is 12.1 Å². The number of epoxide rings is 2. The van der Waals surface area contributed by atoms with Crippen molar-refractivity contribution in [1.82, 2.24) is 0 Å². The third-order valence-corrected chi connectivity index (χ3v) is 6.67. The molecule has 0 unspecified atom stereocenters. The molecule has 2 aromatic rings. The predicted octanol–water partition coefficient (Wildman–Crippen LogP) is 0.977. The fraction of sp³-hybridized carbons (Fsp3) is 0.300. The van der Waals surface area contributed by atoms with Crippen LogP contribution in [0.1, 0.15) is 37.8 Å². The van der Waals surface area contributed by atoms with Gasteiger partial charge in [-0.1, -0.05) is 12.1 Å². The first-order valence-corrected chi connectivity index (χ1v) is 8.79. The van der Waals surface area contributed by atoms with Crippen LogP contribution in [0.2, 0.25) is 0 Å². The monoisotopic (exact) mass is 364 g/mol. The summed E-state index contributed by atoms with van der Waals surface area (Å²) in [4.78, 5) is 25.4. The molecule has 0 bridgehead atoms. The van der Waals surface area contributed by atoms with Crippen molar-refractivity contribution in [2.24, 2.45) is 0 Å². The van der Waals surface area contributed by atoms with Crippen LogP contribution < -0.4 is 0 Å². The smallest absolute Gasteiger partial charge is 0.198 e. The van der Waals surface area contributed by atoms with Gasteiger partial charge in [0.05, 0.1) is 17.0 Å². The first kappa shape index (κ1) is 14.3. The van der Waals surface area contributed by atoms with Crippen LogP contribution in [0.15, 0.2) is 24.3 Å². The summed E-state index contributed by atoms with van der Waals surface area (Å²) in [6.45, 7) is 0. The maximum absolute atomic E-state index is 12.7. The normalized spacial score (nSPS) is 38.5. The largest absolute Gasteiger partial charge is 0.507 e. The van der Waals surface area contributed by atoms with Gasteiger partial charge in [0.15, 0.2) is 17.7 Å². The minimum atomic E-state index is -1.61. The van der Waals surface area contributed by atoms with Crippen LogP contribution in [0.4, 0.5) is 0 Å². The topological polar surface area (TPSA) is 120 Å². The second kappa shape index (κ2) is 3.91. The van der Waals surface area contributed by atoms with Gasteiger partial charge in [0.1, 0.15) is 35.4 Å². The number of ether oxygens (including phenoxy) is 2. The Kier molecular flexibility index (Phi) is 2.08. The summed E-state index contributed by atoms with van der Waals surface area (Å²) in [6.07, 6.45) is -2.84. The summed E-state index contributed by atoms with van der Waals surface area (Å²) >= 11 is 0. The summed E-state index contributed by atoms with van der Waals surface area (Å²) < 4.78 is 11.1. The van der Waals surface area contributed by atoms with Gasteiger partial charge in [0, 0.05) is 5.56 Å². The molecule has 0 spiro atoms. The van der Waals surface area contributed by atoms with Crippen LogP contribution in [0.25, 0.3) is 11.1 Å². The number of phenolic OH excluding ortho intramolecular Hbond substituents is 2. The molecule has 2 fully saturated rings. The van der Waals surface area contributed by atoms with Crippen LogP contribution in [0.5, 0.6) is 11.5 Å². The number of rotatable bonds is 0. The van der Waals surface area contributed by atoms with E-state index in [1.807, 2.05) is 0 Å². The van der Waals surface area contributed by atoms with E-state index < -0.39 is 35.9 Å². The van der Waals surface area contributed by atoms with Crippen molar-refractivity contribution in [1.29, 1.82) is 0 Å². The summed E-state index contributed by atoms with van der Waals surface area (Å²) in [5, 5.41) is 32.6. The molecule has 3 aliphatic carbocycles. The molecule has 134 valence electrons. The minimum Gasteiger partial charge on any atom is -0.507 e. The highest BCUT2D eigenvalue weighted by Gasteiger charge is 2.74. The van der Waals surface area contributed by atoms with Crippen LogP contribution in [-0.4, -0.2) is 51.3 Å². The molecule has 2 aromatic carbocycles. The minimum absolute atomic E-state index is 0.0723. The maximum atomic E-state index is 12.7. The second-order valence-corrected chi connectivity index (χ2v) is 7.83. The number of hydrogen-bond donors (Lipinski definition) is 3. The molecule has 7 rings (SSSR count). The Hall–Kier alpha value is -2.74. The molecule has 6 atom stereocenters. The van der Waals surface area contributed by atoms with Crippen molar-refractivity contribution in [3.63, 3.8) is 0 Å². The molecule has 5 aliphatic rings. The number of benzene rings is 2. The van der Waals surface area contributed by atoms with Crippen LogP contribution in [0.3, 0.4) is 0 Å². The quantitative estimate of drug-likeness (QED) is 0.596. The standard InChI is InChI=1S/C20H12O7/c21-7-3-1-5-6-2-4-8(22)11-12(6)20(25,19-18(27-19)15(11)24)13-9(5)10(7)14(23)17-16(13)26-17/h1-4,13,16-19,21-22,25H/t13-,16+,17-,18+,19+,20-/m1/s1. The Morgan fingerprint density at radius 2 is 1.52 bits per heavy atom. The molecular weight excluding hydrogens is 352 g/mol. The van der Waals surface area contributed by atoms with Crippen molar-refractivity contribution >= 4 is 11.6 Å². The van der Waals surface area contributed by atoms with E-state index >= 15 is 0 Å². The van der Waals surface area contributed by atoms with Gasteiger partial charge in [-0.2, -0.15) is 0 Å². The van der Waals surface area contributed by atoms with Crippen LogP contribution >= 0.6 is 0 Å². The molecule has 0 radical (unpaired) electrons. The number of fused-ring (bicyclic) bond motifs is 6. The third kappa shape index (κ3) is 1.32. The summed E-state index contributed by atoms with van der Waals surface area (Å²) in [6, 6.07) is 6.16. The highest BCUT2D eigenvalue weighted by molar-refractivity contribution is 6.12. The van der Waals surface area contributed by atoms with Gasteiger partial charge >= 0.3 is 0 Å². The van der Waals surface area contributed by atoms with E-state index in [4.69, 9.17) is 9.47 Å². The average Bonchev–Trinajstić information content (AvgIpc) is 3.52. The Balaban J connectivity index is 1.68. The van der Waals surface area contributed by atoms with Crippen molar-refractivity contribution < 1.29 is 34.4 Å². The maximum Gasteiger partial charge on any atom is 0.198 e. The molecule has 0 amide bonds. The highest BCUT2D eigenvalue weighted by Crippen LogP contribution is 2.66. The molecule has 7 nitrogen and oxygen atoms in total. The van der Waals surface area contributed by atoms with E-state index in [-0.39, 0.29) is 34.2 Å². The van der Waals surface area contributed by atoms with Gasteiger partial charge in [-0.3, -0.25) is 9.59 Å². The van der Waals surface area contributed by atoms with E-state index in [0.29, 0.717) is 22.3 Å². The third-order valence-electron chi connectivity index (χ3n) is 6.67. The summed E-state index contributed by atoms with van der Waals surface area (Å²) in [5.41, 5.74) is 0.715. The van der Waals surface area contributed by atoms with Crippen LogP contribution in [0, 0.1) is 0 Å². The second-order valence-electron chi connectivity index (χ2n) is 7.83. The number of aromatic hydroxyl groups is 2. The van der Waals surface area contributed by atoms with E-state index in [1.54, 1.807) is 12.1 Å². The number of aliphatic hydroxyl groups is 1. The predicted molar refractivity (Wildman–Crippen MR) is 87.8 cm³/mol. The molecule has 2 heterocycles. The Morgan fingerprint density at radius 3 is 2.30 bits per heavy atom. The van der Waals surface area contributed by atoms with Gasteiger partial charge < -0.3 is 24.8 Å². The van der Waals surface area contributed by atoms with Gasteiger partial charge in [-0.25, -0.2) is 0 Å². The zero-order valence-corrected chi connectivity index (χ0v) is 13.7. The van der Waals surface area contributed by atoms with Gasteiger partial charge in [-0.05, 0) is 28.8 Å². The van der Waals surface area contributed by atoms with Gasteiger partial charge in [0.25, 0.3) is 0 Å². The number of phenols is 2. The van der Waals surface area contributed by atoms with Crippen molar-refractivity contribution in [2.45, 2.75) is 35.9 Å². The number of ketones is 2. The molecule has 27 heavy (non-hydrogen) atoms. The van der Waals surface area contributed by atoms with E-state index in [0.717, 1.165) is 0 Å². The molecule has 0 saturated carbocycles. The molecule has 0 aromatic heterocycles. The zero-order valence-electron chi connectivity index (χ0n) is 13.7. The first-order chi connectivity index (χ1) is 12.9. The molecule has 2 aliphatic heterocycles. The molecule has 3 N–H and O–H groups in total. The lowest BCUT2D eigenvalue weighted by atomic mass is 9.58. The van der Waals surface area contributed by atoms with E-state index in [2.05, 4.69) is 0 Å². The Morgan fingerprint density at radius 1 is 0.852 bits per heavy atom.